The van der Waals surface area contributed by atoms with Crippen LogP contribution in [0.3, 0.4) is 0 Å². The minimum atomic E-state index is -0.193. The fraction of sp³-hybridized carbons (Fsp3) is 1.00. The predicted molar refractivity (Wildman–Crippen MR) is 75.4 cm³/mol. The van der Waals surface area contributed by atoms with Gasteiger partial charge in [-0.1, -0.05) is 20.8 Å². The van der Waals surface area contributed by atoms with Crippen LogP contribution < -0.4 is 0 Å². The molecule has 0 heterocycles. The molecule has 0 saturated carbocycles. The number of hydrogen-bond acceptors (Lipinski definition) is 3. The van der Waals surface area contributed by atoms with Crippen molar-refractivity contribution < 1.29 is 5.11 Å². The Labute approximate surface area is 108 Å². The minimum absolute atomic E-state index is 0.193. The lowest BCUT2D eigenvalue weighted by molar-refractivity contribution is 0.119. The highest BCUT2D eigenvalue weighted by molar-refractivity contribution is 4.69. The van der Waals surface area contributed by atoms with Crippen molar-refractivity contribution in [2.75, 3.05) is 32.7 Å². The minimum Gasteiger partial charge on any atom is -0.393 e. The Morgan fingerprint density at radius 3 is 1.94 bits per heavy atom. The molecule has 2 atom stereocenters. The first-order chi connectivity index (χ1) is 8.04. The summed E-state index contributed by atoms with van der Waals surface area (Å²) >= 11 is 0. The van der Waals surface area contributed by atoms with Crippen LogP contribution in [0, 0.1) is 0 Å². The van der Waals surface area contributed by atoms with Gasteiger partial charge < -0.3 is 14.9 Å². The van der Waals surface area contributed by atoms with Crippen molar-refractivity contribution in [3.8, 4) is 0 Å². The highest BCUT2D eigenvalue weighted by Crippen LogP contribution is 2.07. The number of aliphatic hydroxyl groups is 1. The smallest absolute Gasteiger partial charge is 0.0526 e. The Hall–Kier alpha value is -0.120. The summed E-state index contributed by atoms with van der Waals surface area (Å²) in [6.45, 7) is 16.4. The van der Waals surface area contributed by atoms with Crippen LogP contribution in [0.5, 0.6) is 0 Å². The molecule has 104 valence electrons. The molecule has 0 radical (unpaired) electrons. The maximum Gasteiger partial charge on any atom is 0.0526 e. The summed E-state index contributed by atoms with van der Waals surface area (Å²) in [7, 11) is 0. The molecule has 0 saturated heterocycles. The second-order valence-corrected chi connectivity index (χ2v) is 4.94. The maximum atomic E-state index is 9.42. The van der Waals surface area contributed by atoms with Crippen molar-refractivity contribution in [1.29, 1.82) is 0 Å². The van der Waals surface area contributed by atoms with Crippen LogP contribution in [0.25, 0.3) is 0 Å². The molecule has 17 heavy (non-hydrogen) atoms. The summed E-state index contributed by atoms with van der Waals surface area (Å²) in [5.41, 5.74) is 0. The first-order valence-corrected chi connectivity index (χ1v) is 7.19. The number of hydrogen-bond donors (Lipinski definition) is 1. The van der Waals surface area contributed by atoms with E-state index in [9.17, 15) is 5.11 Å². The van der Waals surface area contributed by atoms with Gasteiger partial charge in [-0.3, -0.25) is 0 Å². The van der Waals surface area contributed by atoms with E-state index in [1.165, 1.54) is 13.0 Å². The summed E-state index contributed by atoms with van der Waals surface area (Å²) in [4.78, 5) is 4.93. The third kappa shape index (κ3) is 7.74. The molecule has 0 aliphatic heterocycles. The fourth-order valence-corrected chi connectivity index (χ4v) is 2.37. The van der Waals surface area contributed by atoms with E-state index in [4.69, 9.17) is 0 Å². The molecule has 1 N–H and O–H groups in total. The van der Waals surface area contributed by atoms with Gasteiger partial charge in [-0.2, -0.15) is 0 Å². The van der Waals surface area contributed by atoms with Crippen molar-refractivity contribution in [1.82, 2.24) is 9.80 Å². The second-order valence-electron chi connectivity index (χ2n) is 4.94. The molecular weight excluding hydrogens is 212 g/mol. The molecule has 0 aliphatic rings. The predicted octanol–water partition coefficient (Wildman–Crippen LogP) is 2.20. The lowest BCUT2D eigenvalue weighted by Gasteiger charge is -2.29. The Morgan fingerprint density at radius 1 is 0.941 bits per heavy atom. The SMILES string of the molecule is CCN(CC)CCCN(CC)C(C)CC(C)O. The Morgan fingerprint density at radius 2 is 1.53 bits per heavy atom. The normalized spacial score (nSPS) is 15.5. The standard InChI is InChI=1S/C14H32N2O/c1-6-15(7-2)10-9-11-16(8-3)13(4)12-14(5)17/h13-14,17H,6-12H2,1-5H3. The summed E-state index contributed by atoms with van der Waals surface area (Å²) in [6, 6.07) is 0.483. The van der Waals surface area contributed by atoms with Crippen LogP contribution >= 0.6 is 0 Å². The molecule has 0 aromatic heterocycles. The zero-order chi connectivity index (χ0) is 13.3. The monoisotopic (exact) mass is 244 g/mol. The lowest BCUT2D eigenvalue weighted by Crippen LogP contribution is -2.37. The zero-order valence-electron chi connectivity index (χ0n) is 12.4. The van der Waals surface area contributed by atoms with Crippen LogP contribution in [0.15, 0.2) is 0 Å². The highest BCUT2D eigenvalue weighted by Gasteiger charge is 2.13. The van der Waals surface area contributed by atoms with E-state index in [2.05, 4.69) is 37.5 Å². The van der Waals surface area contributed by atoms with Crippen LogP contribution in [-0.4, -0.2) is 59.8 Å². The third-order valence-electron chi connectivity index (χ3n) is 3.53. The van der Waals surface area contributed by atoms with E-state index in [0.717, 1.165) is 32.6 Å². The van der Waals surface area contributed by atoms with Gasteiger partial charge in [0.1, 0.15) is 0 Å². The van der Waals surface area contributed by atoms with Gasteiger partial charge in [0, 0.05) is 6.04 Å². The van der Waals surface area contributed by atoms with E-state index in [1.807, 2.05) is 6.92 Å². The topological polar surface area (TPSA) is 26.7 Å². The number of rotatable bonds is 10. The van der Waals surface area contributed by atoms with Gasteiger partial charge in [-0.25, -0.2) is 0 Å². The first kappa shape index (κ1) is 16.9. The molecule has 0 rings (SSSR count). The Balaban J connectivity index is 3.88. The molecule has 0 fully saturated rings. The molecule has 2 unspecified atom stereocenters. The zero-order valence-corrected chi connectivity index (χ0v) is 12.4. The van der Waals surface area contributed by atoms with E-state index in [0.29, 0.717) is 6.04 Å². The molecular formula is C14H32N2O. The van der Waals surface area contributed by atoms with Crippen molar-refractivity contribution in [3.63, 3.8) is 0 Å². The maximum absolute atomic E-state index is 9.42. The third-order valence-corrected chi connectivity index (χ3v) is 3.53. The van der Waals surface area contributed by atoms with Gasteiger partial charge in [0.05, 0.1) is 6.10 Å². The van der Waals surface area contributed by atoms with Crippen LogP contribution in [0.1, 0.15) is 47.5 Å². The lowest BCUT2D eigenvalue weighted by atomic mass is 10.1. The second kappa shape index (κ2) is 9.86. The van der Waals surface area contributed by atoms with E-state index >= 15 is 0 Å². The van der Waals surface area contributed by atoms with E-state index in [1.54, 1.807) is 0 Å². The van der Waals surface area contributed by atoms with Crippen LogP contribution in [0.2, 0.25) is 0 Å². The molecule has 0 bridgehead atoms. The van der Waals surface area contributed by atoms with Gasteiger partial charge in [0.15, 0.2) is 0 Å². The summed E-state index contributed by atoms with van der Waals surface area (Å²) in [5, 5.41) is 9.42. The molecule has 0 aromatic rings. The average Bonchev–Trinajstić information content (AvgIpc) is 2.28. The largest absolute Gasteiger partial charge is 0.393 e. The molecule has 0 spiro atoms. The number of aliphatic hydroxyl groups excluding tert-OH is 1. The van der Waals surface area contributed by atoms with Crippen LogP contribution in [-0.2, 0) is 0 Å². The van der Waals surface area contributed by atoms with Gasteiger partial charge in [0.25, 0.3) is 0 Å². The molecule has 0 amide bonds. The summed E-state index contributed by atoms with van der Waals surface area (Å²) in [5.74, 6) is 0. The molecule has 0 aromatic carbocycles. The van der Waals surface area contributed by atoms with Crippen molar-refractivity contribution >= 4 is 0 Å². The fourth-order valence-electron chi connectivity index (χ4n) is 2.37. The van der Waals surface area contributed by atoms with Gasteiger partial charge in [-0.15, -0.1) is 0 Å². The van der Waals surface area contributed by atoms with Crippen molar-refractivity contribution in [2.24, 2.45) is 0 Å². The molecule has 3 nitrogen and oxygen atoms in total. The number of nitrogens with zero attached hydrogens (tertiary/aromatic N) is 2. The summed E-state index contributed by atoms with van der Waals surface area (Å²) < 4.78 is 0. The van der Waals surface area contributed by atoms with Gasteiger partial charge >= 0.3 is 0 Å². The Kier molecular flexibility index (Phi) is 9.79. The molecule has 0 aliphatic carbocycles. The quantitative estimate of drug-likeness (QED) is 0.638. The van der Waals surface area contributed by atoms with E-state index in [-0.39, 0.29) is 6.10 Å². The molecule has 3 heteroatoms. The first-order valence-electron chi connectivity index (χ1n) is 7.19. The van der Waals surface area contributed by atoms with Crippen molar-refractivity contribution in [2.45, 2.75) is 59.6 Å². The highest BCUT2D eigenvalue weighted by atomic mass is 16.3. The van der Waals surface area contributed by atoms with Gasteiger partial charge in [-0.05, 0) is 59.4 Å². The Bertz CT molecular complexity index is 170. The van der Waals surface area contributed by atoms with Gasteiger partial charge in [0.2, 0.25) is 0 Å². The van der Waals surface area contributed by atoms with Crippen LogP contribution in [0.4, 0.5) is 0 Å². The average molecular weight is 244 g/mol. The van der Waals surface area contributed by atoms with Crippen molar-refractivity contribution in [3.05, 3.63) is 0 Å². The van der Waals surface area contributed by atoms with E-state index < -0.39 is 0 Å². The summed E-state index contributed by atoms with van der Waals surface area (Å²) in [6.07, 6.45) is 1.90.